The molecule has 1 heterocycles. The Hall–Kier alpha value is -0.740. The van der Waals surface area contributed by atoms with Crippen molar-refractivity contribution >= 4 is 23.2 Å². The molecular weight excluding hydrogens is 203 g/mol. The van der Waals surface area contributed by atoms with Gasteiger partial charge in [0, 0.05) is 10.6 Å². The number of aromatic nitrogens is 2. The van der Waals surface area contributed by atoms with E-state index in [-0.39, 0.29) is 6.54 Å². The van der Waals surface area contributed by atoms with Crippen LogP contribution in [0.3, 0.4) is 0 Å². The Kier molecular flexibility index (Phi) is 2.94. The molecule has 0 aliphatic rings. The molecule has 0 aliphatic heterocycles. The molecule has 12 heavy (non-hydrogen) atoms. The number of allylic oxidation sites excluding steroid dienone is 1. The Bertz CT molecular complexity index is 353. The summed E-state index contributed by atoms with van der Waals surface area (Å²) >= 11 is 10.9. The molecule has 0 saturated carbocycles. The highest BCUT2D eigenvalue weighted by Gasteiger charge is 2.06. The largest absolute Gasteiger partial charge is 0.441 e. The molecule has 0 aliphatic carbocycles. The summed E-state index contributed by atoms with van der Waals surface area (Å²) in [5.74, 6) is -0.0687. The topological polar surface area (TPSA) is 48.0 Å². The Morgan fingerprint density at radius 2 is 2.50 bits per heavy atom. The molecule has 0 radical (unpaired) electrons. The second kappa shape index (κ2) is 3.78. The summed E-state index contributed by atoms with van der Waals surface area (Å²) in [7, 11) is 0. The zero-order valence-electron chi connectivity index (χ0n) is 6.25. The second-order valence-corrected chi connectivity index (χ2v) is 2.84. The first-order chi connectivity index (χ1) is 5.65. The summed E-state index contributed by atoms with van der Waals surface area (Å²) in [5.41, 5.74) is 1.19. The van der Waals surface area contributed by atoms with Crippen molar-refractivity contribution in [3.8, 4) is 0 Å². The van der Waals surface area contributed by atoms with E-state index in [2.05, 4.69) is 9.68 Å². The minimum absolute atomic E-state index is 0.194. The third-order valence-corrected chi connectivity index (χ3v) is 1.90. The van der Waals surface area contributed by atoms with Crippen LogP contribution >= 0.6 is 23.2 Å². The highest BCUT2D eigenvalue weighted by Crippen LogP contribution is 2.06. The third-order valence-electron chi connectivity index (χ3n) is 1.29. The Balaban J connectivity index is 2.96. The van der Waals surface area contributed by atoms with Crippen molar-refractivity contribution in [3.05, 3.63) is 26.9 Å². The van der Waals surface area contributed by atoms with Gasteiger partial charge < -0.3 is 0 Å². The van der Waals surface area contributed by atoms with Gasteiger partial charge in [0.2, 0.25) is 0 Å². The van der Waals surface area contributed by atoms with Gasteiger partial charge in [-0.2, -0.15) is 0 Å². The second-order valence-electron chi connectivity index (χ2n) is 2.14. The normalized spacial score (nSPS) is 12.1. The van der Waals surface area contributed by atoms with Gasteiger partial charge in [0.25, 0.3) is 0 Å². The average Bonchev–Trinajstić information content (AvgIpc) is 2.35. The lowest BCUT2D eigenvalue weighted by atomic mass is 10.5. The van der Waals surface area contributed by atoms with Crippen molar-refractivity contribution in [2.45, 2.75) is 13.5 Å². The first kappa shape index (κ1) is 9.35. The first-order valence-electron chi connectivity index (χ1n) is 3.13. The smallest absolute Gasteiger partial charge is 0.296 e. The molecule has 4 nitrogen and oxygen atoms in total. The van der Waals surface area contributed by atoms with E-state index in [1.807, 2.05) is 0 Å². The molecule has 0 atom stereocenters. The van der Waals surface area contributed by atoms with E-state index in [1.165, 1.54) is 10.1 Å². The van der Waals surface area contributed by atoms with Crippen LogP contribution in [-0.4, -0.2) is 9.72 Å². The van der Waals surface area contributed by atoms with Gasteiger partial charge in [-0.25, -0.2) is 4.79 Å². The molecule has 0 saturated heterocycles. The maximum atomic E-state index is 10.9. The fourth-order valence-corrected chi connectivity index (χ4v) is 0.889. The number of rotatable bonds is 2. The van der Waals surface area contributed by atoms with E-state index < -0.39 is 5.76 Å². The van der Waals surface area contributed by atoms with Crippen molar-refractivity contribution < 1.29 is 4.52 Å². The van der Waals surface area contributed by atoms with Crippen molar-refractivity contribution in [2.24, 2.45) is 0 Å². The van der Waals surface area contributed by atoms with E-state index in [1.54, 1.807) is 6.92 Å². The molecule has 1 aromatic heterocycles. The van der Waals surface area contributed by atoms with E-state index in [9.17, 15) is 4.79 Å². The first-order valence-corrected chi connectivity index (χ1v) is 3.94. The van der Waals surface area contributed by atoms with Crippen LogP contribution in [0.4, 0.5) is 0 Å². The lowest BCUT2D eigenvalue weighted by molar-refractivity contribution is 0.376. The molecule has 0 fully saturated rings. The van der Waals surface area contributed by atoms with Crippen LogP contribution in [-0.2, 0) is 6.54 Å². The number of aryl methyl sites for hydroxylation is 1. The molecule has 0 spiro atoms. The maximum Gasteiger partial charge on any atom is 0.441 e. The number of halogens is 2. The van der Waals surface area contributed by atoms with Crippen LogP contribution in [0.25, 0.3) is 0 Å². The Morgan fingerprint density at radius 3 is 2.92 bits per heavy atom. The van der Waals surface area contributed by atoms with E-state index in [0.29, 0.717) is 10.9 Å². The zero-order chi connectivity index (χ0) is 9.14. The Morgan fingerprint density at radius 1 is 1.83 bits per heavy atom. The van der Waals surface area contributed by atoms with Gasteiger partial charge in [0.15, 0.2) is 5.82 Å². The molecule has 0 aromatic carbocycles. The predicted molar refractivity (Wildman–Crippen MR) is 45.3 cm³/mol. The molecular formula is C6H6Cl2N2O2. The monoisotopic (exact) mass is 208 g/mol. The number of nitrogens with zero attached hydrogens (tertiary/aromatic N) is 2. The van der Waals surface area contributed by atoms with Crippen LogP contribution in [0, 0.1) is 6.92 Å². The average molecular weight is 209 g/mol. The highest BCUT2D eigenvalue weighted by molar-refractivity contribution is 6.36. The van der Waals surface area contributed by atoms with Gasteiger partial charge in [-0.1, -0.05) is 28.4 Å². The summed E-state index contributed by atoms with van der Waals surface area (Å²) in [5, 5.41) is 3.80. The van der Waals surface area contributed by atoms with E-state index >= 15 is 0 Å². The third kappa shape index (κ3) is 1.89. The van der Waals surface area contributed by atoms with Crippen molar-refractivity contribution in [3.63, 3.8) is 0 Å². The van der Waals surface area contributed by atoms with Crippen molar-refractivity contribution in [1.29, 1.82) is 0 Å². The van der Waals surface area contributed by atoms with Gasteiger partial charge in [-0.15, -0.1) is 0 Å². The van der Waals surface area contributed by atoms with Gasteiger partial charge in [-0.3, -0.25) is 9.09 Å². The minimum atomic E-state index is -0.538. The van der Waals surface area contributed by atoms with Gasteiger partial charge in [0.1, 0.15) is 0 Å². The quantitative estimate of drug-likeness (QED) is 0.740. The fourth-order valence-electron chi connectivity index (χ4n) is 0.700. The fraction of sp³-hybridized carbons (Fsp3) is 0.333. The maximum absolute atomic E-state index is 10.9. The predicted octanol–water partition coefficient (Wildman–Crippen LogP) is 1.46. The van der Waals surface area contributed by atoms with E-state index in [0.717, 1.165) is 0 Å². The summed E-state index contributed by atoms with van der Waals surface area (Å²) < 4.78 is 5.65. The molecule has 66 valence electrons. The number of hydrogen-bond donors (Lipinski definition) is 0. The van der Waals surface area contributed by atoms with Gasteiger partial charge in [0.05, 0.1) is 6.54 Å². The summed E-state index contributed by atoms with van der Waals surface area (Å²) in [6.45, 7) is 1.84. The van der Waals surface area contributed by atoms with Crippen LogP contribution < -0.4 is 5.76 Å². The zero-order valence-corrected chi connectivity index (χ0v) is 7.76. The van der Waals surface area contributed by atoms with E-state index in [4.69, 9.17) is 23.2 Å². The molecule has 6 heteroatoms. The van der Waals surface area contributed by atoms with Gasteiger partial charge in [-0.05, 0) is 6.92 Å². The minimum Gasteiger partial charge on any atom is -0.296 e. The molecule has 0 amide bonds. The van der Waals surface area contributed by atoms with Gasteiger partial charge >= 0.3 is 5.76 Å². The molecule has 1 aromatic rings. The van der Waals surface area contributed by atoms with Crippen LogP contribution in [0.5, 0.6) is 0 Å². The van der Waals surface area contributed by atoms with Crippen LogP contribution in [0.2, 0.25) is 0 Å². The highest BCUT2D eigenvalue weighted by atomic mass is 35.5. The standard InChI is InChI=1S/C6H6Cl2N2O2/c1-4-9-12-6(11)10(4)3-5(8)2-7/h2H,3H2,1H3/b5-2-. The lowest BCUT2D eigenvalue weighted by Crippen LogP contribution is -2.15. The summed E-state index contributed by atoms with van der Waals surface area (Å²) in [4.78, 5) is 10.9. The molecule has 0 unspecified atom stereocenters. The molecule has 0 N–H and O–H groups in total. The lowest BCUT2D eigenvalue weighted by Gasteiger charge is -1.97. The van der Waals surface area contributed by atoms with Crippen LogP contribution in [0.1, 0.15) is 5.82 Å². The van der Waals surface area contributed by atoms with Crippen LogP contribution in [0.15, 0.2) is 19.9 Å². The number of hydrogen-bond acceptors (Lipinski definition) is 3. The van der Waals surface area contributed by atoms with Crippen molar-refractivity contribution in [1.82, 2.24) is 9.72 Å². The molecule has 0 bridgehead atoms. The molecule has 1 rings (SSSR count). The SMILES string of the molecule is Cc1noc(=O)n1C/C(Cl)=C/Cl. The van der Waals surface area contributed by atoms with Crippen molar-refractivity contribution in [2.75, 3.05) is 0 Å². The summed E-state index contributed by atoms with van der Waals surface area (Å²) in [6, 6.07) is 0. The summed E-state index contributed by atoms with van der Waals surface area (Å²) in [6.07, 6.45) is 0. The Labute approximate surface area is 78.4 Å².